The maximum absolute atomic E-state index is 11.3. The zero-order valence-corrected chi connectivity index (χ0v) is 12.1. The van der Waals surface area contributed by atoms with E-state index in [4.69, 9.17) is 14.2 Å². The summed E-state index contributed by atoms with van der Waals surface area (Å²) in [5.41, 5.74) is 0.309. The first-order chi connectivity index (χ1) is 9.43. The molecule has 0 rings (SSSR count). The third kappa shape index (κ3) is 11.3. The molecule has 0 saturated carbocycles. The topological polar surface area (TPSA) is 78.9 Å². The second kappa shape index (κ2) is 11.0. The first kappa shape index (κ1) is 18.1. The molecule has 0 bridgehead atoms. The van der Waals surface area contributed by atoms with Crippen LogP contribution in [0, 0.1) is 0 Å². The standard InChI is InChI=1S/C14H22O6/c1-11(2)14(17)20-10-9-19-13(16)7-5-4-6-8-18-12(3)15/h1,4-10H2,2-3H3. The van der Waals surface area contributed by atoms with E-state index in [-0.39, 0.29) is 25.2 Å². The lowest BCUT2D eigenvalue weighted by Crippen LogP contribution is -2.14. The van der Waals surface area contributed by atoms with Gasteiger partial charge < -0.3 is 14.2 Å². The molecule has 0 unspecified atom stereocenters. The molecule has 0 aromatic heterocycles. The minimum absolute atomic E-state index is 0.0316. The van der Waals surface area contributed by atoms with Crippen LogP contribution in [0.2, 0.25) is 0 Å². The Bertz CT molecular complexity index is 348. The number of ether oxygens (including phenoxy) is 3. The van der Waals surface area contributed by atoms with Crippen LogP contribution in [0.15, 0.2) is 12.2 Å². The van der Waals surface area contributed by atoms with Crippen LogP contribution in [0.25, 0.3) is 0 Å². The van der Waals surface area contributed by atoms with Crippen molar-refractivity contribution >= 4 is 17.9 Å². The third-order valence-electron chi connectivity index (χ3n) is 2.26. The van der Waals surface area contributed by atoms with Crippen LogP contribution < -0.4 is 0 Å². The van der Waals surface area contributed by atoms with Crippen LogP contribution in [0.3, 0.4) is 0 Å². The molecule has 0 aliphatic heterocycles. The van der Waals surface area contributed by atoms with E-state index in [9.17, 15) is 14.4 Å². The molecule has 0 saturated heterocycles. The summed E-state index contributed by atoms with van der Waals surface area (Å²) in [7, 11) is 0. The van der Waals surface area contributed by atoms with Crippen molar-refractivity contribution in [3.8, 4) is 0 Å². The Labute approximate surface area is 119 Å². The van der Waals surface area contributed by atoms with Crippen molar-refractivity contribution < 1.29 is 28.6 Å². The van der Waals surface area contributed by atoms with Crippen molar-refractivity contribution in [2.24, 2.45) is 0 Å². The predicted octanol–water partition coefficient (Wildman–Crippen LogP) is 1.77. The van der Waals surface area contributed by atoms with Gasteiger partial charge in [0.1, 0.15) is 13.2 Å². The van der Waals surface area contributed by atoms with Gasteiger partial charge in [-0.05, 0) is 26.2 Å². The molecule has 114 valence electrons. The summed E-state index contributed by atoms with van der Waals surface area (Å²) in [6, 6.07) is 0. The number of esters is 3. The lowest BCUT2D eigenvalue weighted by molar-refractivity contribution is -0.150. The lowest BCUT2D eigenvalue weighted by Gasteiger charge is -2.06. The molecule has 0 aromatic carbocycles. The highest BCUT2D eigenvalue weighted by molar-refractivity contribution is 5.86. The maximum atomic E-state index is 11.3. The van der Waals surface area contributed by atoms with Crippen molar-refractivity contribution in [3.05, 3.63) is 12.2 Å². The van der Waals surface area contributed by atoms with Crippen LogP contribution in [-0.4, -0.2) is 37.7 Å². The fourth-order valence-electron chi connectivity index (χ4n) is 1.25. The Hall–Kier alpha value is -1.85. The van der Waals surface area contributed by atoms with E-state index in [1.165, 1.54) is 6.92 Å². The van der Waals surface area contributed by atoms with Crippen molar-refractivity contribution in [1.82, 2.24) is 0 Å². The molecule has 0 aromatic rings. The molecule has 6 nitrogen and oxygen atoms in total. The quantitative estimate of drug-likeness (QED) is 0.263. The Balaban J connectivity index is 3.39. The monoisotopic (exact) mass is 286 g/mol. The van der Waals surface area contributed by atoms with E-state index in [0.29, 0.717) is 25.0 Å². The number of unbranched alkanes of at least 4 members (excludes halogenated alkanes) is 2. The van der Waals surface area contributed by atoms with Crippen molar-refractivity contribution in [2.45, 2.75) is 39.5 Å². The summed E-state index contributed by atoms with van der Waals surface area (Å²) in [5, 5.41) is 0. The molecular weight excluding hydrogens is 264 g/mol. The summed E-state index contributed by atoms with van der Waals surface area (Å²) in [6.45, 7) is 6.79. The van der Waals surface area contributed by atoms with E-state index in [1.807, 2.05) is 0 Å². The van der Waals surface area contributed by atoms with E-state index >= 15 is 0 Å². The highest BCUT2D eigenvalue weighted by atomic mass is 16.6. The highest BCUT2D eigenvalue weighted by Crippen LogP contribution is 2.02. The van der Waals surface area contributed by atoms with Gasteiger partial charge in [0.05, 0.1) is 6.61 Å². The van der Waals surface area contributed by atoms with Gasteiger partial charge in [0.25, 0.3) is 0 Å². The van der Waals surface area contributed by atoms with Gasteiger partial charge in [-0.25, -0.2) is 4.79 Å². The van der Waals surface area contributed by atoms with Crippen LogP contribution >= 0.6 is 0 Å². The largest absolute Gasteiger partial charge is 0.466 e. The van der Waals surface area contributed by atoms with E-state index < -0.39 is 5.97 Å². The summed E-state index contributed by atoms with van der Waals surface area (Å²) in [5.74, 6) is -1.12. The molecule has 0 fully saturated rings. The molecule has 20 heavy (non-hydrogen) atoms. The second-order valence-electron chi connectivity index (χ2n) is 4.29. The lowest BCUT2D eigenvalue weighted by atomic mass is 10.2. The average molecular weight is 286 g/mol. The SMILES string of the molecule is C=C(C)C(=O)OCCOC(=O)CCCCCOC(C)=O. The second-order valence-corrected chi connectivity index (χ2v) is 4.29. The summed E-state index contributed by atoms with van der Waals surface area (Å²) < 4.78 is 14.4. The molecule has 0 radical (unpaired) electrons. The number of carbonyl (C=O) groups is 3. The summed E-state index contributed by atoms with van der Waals surface area (Å²) in [4.78, 5) is 32.8. The van der Waals surface area contributed by atoms with Gasteiger partial charge in [0.15, 0.2) is 0 Å². The van der Waals surface area contributed by atoms with Gasteiger partial charge in [0.2, 0.25) is 0 Å². The molecule has 0 heterocycles. The van der Waals surface area contributed by atoms with Gasteiger partial charge in [-0.2, -0.15) is 0 Å². The Morgan fingerprint density at radius 1 is 0.850 bits per heavy atom. The van der Waals surface area contributed by atoms with Gasteiger partial charge in [0, 0.05) is 18.9 Å². The van der Waals surface area contributed by atoms with Crippen LogP contribution in [0.5, 0.6) is 0 Å². The van der Waals surface area contributed by atoms with Crippen molar-refractivity contribution in [3.63, 3.8) is 0 Å². The average Bonchev–Trinajstić information content (AvgIpc) is 2.37. The first-order valence-corrected chi connectivity index (χ1v) is 6.55. The molecule has 0 atom stereocenters. The normalized spacial score (nSPS) is 9.70. The smallest absolute Gasteiger partial charge is 0.333 e. The van der Waals surface area contributed by atoms with Gasteiger partial charge >= 0.3 is 17.9 Å². The maximum Gasteiger partial charge on any atom is 0.333 e. The zero-order chi connectivity index (χ0) is 15.4. The fourth-order valence-corrected chi connectivity index (χ4v) is 1.25. The Morgan fingerprint density at radius 2 is 1.50 bits per heavy atom. The van der Waals surface area contributed by atoms with Crippen LogP contribution in [0.1, 0.15) is 39.5 Å². The molecular formula is C14H22O6. The van der Waals surface area contributed by atoms with E-state index in [2.05, 4.69) is 6.58 Å². The summed E-state index contributed by atoms with van der Waals surface area (Å²) in [6.07, 6.45) is 2.48. The fraction of sp³-hybridized carbons (Fsp3) is 0.643. The predicted molar refractivity (Wildman–Crippen MR) is 71.8 cm³/mol. The Morgan fingerprint density at radius 3 is 2.10 bits per heavy atom. The van der Waals surface area contributed by atoms with Gasteiger partial charge in [-0.15, -0.1) is 0 Å². The Kier molecular flexibility index (Phi) is 10.00. The number of carbonyl (C=O) groups excluding carboxylic acids is 3. The molecule has 0 amide bonds. The number of hydrogen-bond donors (Lipinski definition) is 0. The molecule has 0 aliphatic rings. The van der Waals surface area contributed by atoms with E-state index in [0.717, 1.165) is 12.8 Å². The first-order valence-electron chi connectivity index (χ1n) is 6.55. The van der Waals surface area contributed by atoms with Crippen molar-refractivity contribution in [1.29, 1.82) is 0 Å². The minimum Gasteiger partial charge on any atom is -0.466 e. The molecule has 0 N–H and O–H groups in total. The third-order valence-corrected chi connectivity index (χ3v) is 2.26. The van der Waals surface area contributed by atoms with Crippen LogP contribution in [-0.2, 0) is 28.6 Å². The highest BCUT2D eigenvalue weighted by Gasteiger charge is 2.05. The van der Waals surface area contributed by atoms with Crippen LogP contribution in [0.4, 0.5) is 0 Å². The van der Waals surface area contributed by atoms with Gasteiger partial charge in [-0.1, -0.05) is 6.58 Å². The van der Waals surface area contributed by atoms with Gasteiger partial charge in [-0.3, -0.25) is 9.59 Å². The molecule has 0 aliphatic carbocycles. The zero-order valence-electron chi connectivity index (χ0n) is 12.1. The number of hydrogen-bond acceptors (Lipinski definition) is 6. The van der Waals surface area contributed by atoms with E-state index in [1.54, 1.807) is 6.92 Å². The number of rotatable bonds is 10. The molecule has 0 spiro atoms. The minimum atomic E-state index is -0.494. The summed E-state index contributed by atoms with van der Waals surface area (Å²) >= 11 is 0. The van der Waals surface area contributed by atoms with Crippen molar-refractivity contribution in [2.75, 3.05) is 19.8 Å². The molecule has 6 heteroatoms.